The van der Waals surface area contributed by atoms with Gasteiger partial charge in [-0.05, 0) is 42.9 Å². The van der Waals surface area contributed by atoms with Gasteiger partial charge in [-0.25, -0.2) is 4.79 Å². The monoisotopic (exact) mass is 340 g/mol. The van der Waals surface area contributed by atoms with E-state index in [2.05, 4.69) is 15.7 Å². The van der Waals surface area contributed by atoms with Gasteiger partial charge in [0.15, 0.2) is 0 Å². The molecule has 4 rings (SSSR count). The van der Waals surface area contributed by atoms with Gasteiger partial charge in [-0.15, -0.1) is 0 Å². The summed E-state index contributed by atoms with van der Waals surface area (Å²) in [5.41, 5.74) is 2.23. The first-order valence-electron chi connectivity index (χ1n) is 8.52. The van der Waals surface area contributed by atoms with Crippen LogP contribution in [0.4, 0.5) is 10.5 Å². The molecule has 2 saturated carbocycles. The Balaban J connectivity index is 1.39. The van der Waals surface area contributed by atoms with E-state index in [-0.39, 0.29) is 17.9 Å². The Hall–Kier alpha value is -2.83. The molecule has 7 nitrogen and oxygen atoms in total. The lowest BCUT2D eigenvalue weighted by atomic mass is 10.1. The number of carboxylic acid groups (broad SMARTS) is 1. The third-order valence-electron chi connectivity index (χ3n) is 4.71. The van der Waals surface area contributed by atoms with Crippen LogP contribution in [0, 0.1) is 5.92 Å². The maximum Gasteiger partial charge on any atom is 0.404 e. The largest absolute Gasteiger partial charge is 0.465 e. The van der Waals surface area contributed by atoms with Crippen molar-refractivity contribution in [2.75, 3.05) is 5.32 Å². The van der Waals surface area contributed by atoms with Crippen molar-refractivity contribution in [3.05, 3.63) is 47.8 Å². The molecule has 0 spiro atoms. The van der Waals surface area contributed by atoms with Crippen molar-refractivity contribution >= 4 is 17.7 Å². The Labute approximate surface area is 145 Å². The number of nitrogens with zero attached hydrogens (tertiary/aromatic N) is 2. The number of aromatic nitrogens is 2. The minimum atomic E-state index is -1.01. The molecule has 0 bridgehead atoms. The lowest BCUT2D eigenvalue weighted by Gasteiger charge is -2.06. The van der Waals surface area contributed by atoms with E-state index in [9.17, 15) is 9.59 Å². The molecular weight excluding hydrogens is 320 g/mol. The van der Waals surface area contributed by atoms with Crippen LogP contribution in [0.15, 0.2) is 36.7 Å². The Morgan fingerprint density at radius 3 is 2.92 bits per heavy atom. The number of hydrogen-bond acceptors (Lipinski definition) is 3. The summed E-state index contributed by atoms with van der Waals surface area (Å²) in [6.07, 6.45) is 5.79. The van der Waals surface area contributed by atoms with Gasteiger partial charge in [0.05, 0.1) is 11.9 Å². The summed E-state index contributed by atoms with van der Waals surface area (Å²) in [5.74, 6) is 0.687. The molecule has 2 aliphatic rings. The Bertz CT molecular complexity index is 812. The zero-order valence-electron chi connectivity index (χ0n) is 13.7. The first kappa shape index (κ1) is 15.7. The minimum Gasteiger partial charge on any atom is -0.465 e. The van der Waals surface area contributed by atoms with E-state index >= 15 is 0 Å². The van der Waals surface area contributed by atoms with E-state index < -0.39 is 6.09 Å². The molecule has 0 unspecified atom stereocenters. The van der Waals surface area contributed by atoms with Crippen molar-refractivity contribution < 1.29 is 14.7 Å². The van der Waals surface area contributed by atoms with Crippen LogP contribution in [0.3, 0.4) is 0 Å². The van der Waals surface area contributed by atoms with Crippen LogP contribution >= 0.6 is 0 Å². The van der Waals surface area contributed by atoms with Crippen molar-refractivity contribution in [2.45, 2.75) is 37.8 Å². The van der Waals surface area contributed by atoms with Gasteiger partial charge >= 0.3 is 6.09 Å². The molecule has 1 heterocycles. The van der Waals surface area contributed by atoms with Gasteiger partial charge in [0.2, 0.25) is 0 Å². The van der Waals surface area contributed by atoms with Gasteiger partial charge in [-0.1, -0.05) is 12.1 Å². The number of benzene rings is 1. The number of rotatable bonds is 6. The van der Waals surface area contributed by atoms with Gasteiger partial charge in [0, 0.05) is 30.3 Å². The van der Waals surface area contributed by atoms with Crippen LogP contribution in [-0.4, -0.2) is 32.9 Å². The molecule has 2 atom stereocenters. The van der Waals surface area contributed by atoms with Gasteiger partial charge in [0.1, 0.15) is 0 Å². The number of amides is 2. The molecule has 2 aromatic rings. The fourth-order valence-electron chi connectivity index (χ4n) is 3.09. The average molecular weight is 340 g/mol. The zero-order chi connectivity index (χ0) is 17.4. The third kappa shape index (κ3) is 3.81. The molecule has 7 heteroatoms. The molecular formula is C18H20N4O3. The Morgan fingerprint density at radius 2 is 2.16 bits per heavy atom. The lowest BCUT2D eigenvalue weighted by Crippen LogP contribution is -2.24. The SMILES string of the molecule is O=C(O)N[C@@H]1C[C@H]1c1cccc(C(=O)Nc2cnn(CC3CC3)c2)c1. The molecule has 1 aromatic heterocycles. The second-order valence-electron chi connectivity index (χ2n) is 6.87. The molecule has 0 saturated heterocycles. The van der Waals surface area contributed by atoms with Crippen LogP contribution in [0.5, 0.6) is 0 Å². The van der Waals surface area contributed by atoms with E-state index in [0.717, 1.165) is 24.4 Å². The molecule has 25 heavy (non-hydrogen) atoms. The quantitative estimate of drug-likeness (QED) is 0.753. The lowest BCUT2D eigenvalue weighted by molar-refractivity contribution is 0.102. The third-order valence-corrected chi connectivity index (χ3v) is 4.71. The highest BCUT2D eigenvalue weighted by Crippen LogP contribution is 2.41. The molecule has 3 N–H and O–H groups in total. The van der Waals surface area contributed by atoms with E-state index in [0.29, 0.717) is 11.3 Å². The van der Waals surface area contributed by atoms with E-state index in [1.54, 1.807) is 12.3 Å². The first-order valence-corrected chi connectivity index (χ1v) is 8.52. The molecule has 2 amide bonds. The Kier molecular flexibility index (Phi) is 3.91. The van der Waals surface area contributed by atoms with Gasteiger partial charge < -0.3 is 15.7 Å². The van der Waals surface area contributed by atoms with E-state index in [4.69, 9.17) is 5.11 Å². The fourth-order valence-corrected chi connectivity index (χ4v) is 3.09. The summed E-state index contributed by atoms with van der Waals surface area (Å²) in [4.78, 5) is 23.1. The standard InChI is InChI=1S/C18H20N4O3/c23-17(20-14-8-19-22(10-14)9-11-4-5-11)13-3-1-2-12(6-13)15-7-16(15)21-18(24)25/h1-3,6,8,10-11,15-16,21H,4-5,7,9H2,(H,20,23)(H,24,25)/t15-,16+/m0/s1. The van der Waals surface area contributed by atoms with Crippen LogP contribution in [0.25, 0.3) is 0 Å². The van der Waals surface area contributed by atoms with Crippen LogP contribution < -0.4 is 10.6 Å². The molecule has 2 aliphatic carbocycles. The zero-order valence-corrected chi connectivity index (χ0v) is 13.7. The normalized spacial score (nSPS) is 21.6. The van der Waals surface area contributed by atoms with Crippen molar-refractivity contribution in [1.82, 2.24) is 15.1 Å². The van der Waals surface area contributed by atoms with Crippen LogP contribution in [0.1, 0.15) is 41.1 Å². The number of carbonyl (C=O) groups is 2. The predicted octanol–water partition coefficient (Wildman–Crippen LogP) is 2.67. The summed E-state index contributed by atoms with van der Waals surface area (Å²) < 4.78 is 1.87. The average Bonchev–Trinajstić information content (AvgIpc) is 3.48. The smallest absolute Gasteiger partial charge is 0.404 e. The van der Waals surface area contributed by atoms with Gasteiger partial charge in [-0.2, -0.15) is 5.10 Å². The summed E-state index contributed by atoms with van der Waals surface area (Å²) in [6.45, 7) is 0.908. The predicted molar refractivity (Wildman–Crippen MR) is 91.7 cm³/mol. The second kappa shape index (κ2) is 6.23. The summed E-state index contributed by atoms with van der Waals surface area (Å²) in [5, 5.41) is 18.4. The second-order valence-corrected chi connectivity index (χ2v) is 6.87. The number of nitrogens with one attached hydrogen (secondary N) is 2. The van der Waals surface area contributed by atoms with E-state index in [1.807, 2.05) is 29.1 Å². The summed E-state index contributed by atoms with van der Waals surface area (Å²) in [7, 11) is 0. The topological polar surface area (TPSA) is 96.2 Å². The van der Waals surface area contributed by atoms with Crippen LogP contribution in [0.2, 0.25) is 0 Å². The van der Waals surface area contributed by atoms with Crippen molar-refractivity contribution in [2.24, 2.45) is 5.92 Å². The maximum absolute atomic E-state index is 12.5. The van der Waals surface area contributed by atoms with Crippen molar-refractivity contribution in [3.8, 4) is 0 Å². The fraction of sp³-hybridized carbons (Fsp3) is 0.389. The van der Waals surface area contributed by atoms with Gasteiger partial charge in [0.25, 0.3) is 5.91 Å². The maximum atomic E-state index is 12.5. The first-order chi connectivity index (χ1) is 12.1. The van der Waals surface area contributed by atoms with Crippen molar-refractivity contribution in [1.29, 1.82) is 0 Å². The molecule has 0 aliphatic heterocycles. The molecule has 1 aromatic carbocycles. The highest BCUT2D eigenvalue weighted by molar-refractivity contribution is 6.04. The molecule has 130 valence electrons. The highest BCUT2D eigenvalue weighted by Gasteiger charge is 2.39. The number of carbonyl (C=O) groups excluding carboxylic acids is 1. The van der Waals surface area contributed by atoms with E-state index in [1.165, 1.54) is 12.8 Å². The van der Waals surface area contributed by atoms with Crippen molar-refractivity contribution in [3.63, 3.8) is 0 Å². The van der Waals surface area contributed by atoms with Gasteiger partial charge in [-0.3, -0.25) is 9.48 Å². The molecule has 0 radical (unpaired) electrons. The highest BCUT2D eigenvalue weighted by atomic mass is 16.4. The molecule has 2 fully saturated rings. The Morgan fingerprint density at radius 1 is 1.32 bits per heavy atom. The van der Waals surface area contributed by atoms with Crippen LogP contribution in [-0.2, 0) is 6.54 Å². The number of anilines is 1. The summed E-state index contributed by atoms with van der Waals surface area (Å²) >= 11 is 0. The summed E-state index contributed by atoms with van der Waals surface area (Å²) in [6, 6.07) is 7.29. The number of hydrogen-bond donors (Lipinski definition) is 3. The minimum absolute atomic E-state index is 0.0588.